The third-order valence-corrected chi connectivity index (χ3v) is 4.71. The average Bonchev–Trinajstić information content (AvgIpc) is 3.08. The Bertz CT molecular complexity index is 894. The smallest absolute Gasteiger partial charge is 0.348 e. The van der Waals surface area contributed by atoms with Gasteiger partial charge in [-0.3, -0.25) is 4.98 Å². The highest BCUT2D eigenvalue weighted by Crippen LogP contribution is 2.32. The lowest BCUT2D eigenvalue weighted by atomic mass is 9.91. The predicted octanol–water partition coefficient (Wildman–Crippen LogP) is 3.03. The molecule has 0 spiro atoms. The number of rotatable bonds is 4. The van der Waals surface area contributed by atoms with Crippen LogP contribution >= 0.6 is 0 Å². The van der Waals surface area contributed by atoms with Crippen LogP contribution in [-0.2, 0) is 4.79 Å². The molecule has 0 amide bonds. The molecule has 26 heavy (non-hydrogen) atoms. The molecule has 0 bridgehead atoms. The molecule has 4 rings (SSSR count). The maximum Gasteiger partial charge on any atom is 0.348 e. The largest absolute Gasteiger partial charge is 0.478 e. The molecule has 0 unspecified atom stereocenters. The number of benzene rings is 1. The van der Waals surface area contributed by atoms with E-state index in [2.05, 4.69) is 9.97 Å². The van der Waals surface area contributed by atoms with Crippen LogP contribution < -0.4 is 9.64 Å². The molecule has 0 aliphatic carbocycles. The SMILES string of the molecule is Cc1ccc(OC2(C(=O)O)CCN(c3nc4ccccc4o3)CC2)cn1. The first-order valence-corrected chi connectivity index (χ1v) is 8.51. The number of ether oxygens (including phenoxy) is 1. The molecule has 134 valence electrons. The first-order chi connectivity index (χ1) is 12.6. The number of hydrogen-bond acceptors (Lipinski definition) is 6. The topological polar surface area (TPSA) is 88.7 Å². The van der Waals surface area contributed by atoms with Gasteiger partial charge in [-0.25, -0.2) is 4.79 Å². The number of para-hydroxylation sites is 2. The highest BCUT2D eigenvalue weighted by molar-refractivity contribution is 5.79. The van der Waals surface area contributed by atoms with Crippen LogP contribution in [0.5, 0.6) is 5.75 Å². The average molecular weight is 353 g/mol. The van der Waals surface area contributed by atoms with E-state index >= 15 is 0 Å². The van der Waals surface area contributed by atoms with Crippen LogP contribution in [0.1, 0.15) is 18.5 Å². The summed E-state index contributed by atoms with van der Waals surface area (Å²) in [6.07, 6.45) is 2.22. The molecule has 2 aromatic heterocycles. The van der Waals surface area contributed by atoms with Crippen LogP contribution in [-0.4, -0.2) is 39.7 Å². The Morgan fingerprint density at radius 3 is 2.65 bits per heavy atom. The van der Waals surface area contributed by atoms with Gasteiger partial charge in [0.15, 0.2) is 5.58 Å². The van der Waals surface area contributed by atoms with Crippen LogP contribution in [0.3, 0.4) is 0 Å². The lowest BCUT2D eigenvalue weighted by Gasteiger charge is -2.38. The van der Waals surface area contributed by atoms with Gasteiger partial charge in [0.2, 0.25) is 5.60 Å². The van der Waals surface area contributed by atoms with Crippen molar-refractivity contribution in [2.45, 2.75) is 25.4 Å². The predicted molar refractivity (Wildman–Crippen MR) is 95.4 cm³/mol. The molecular formula is C19H19N3O4. The van der Waals surface area contributed by atoms with Crippen LogP contribution in [0, 0.1) is 6.92 Å². The van der Waals surface area contributed by atoms with E-state index < -0.39 is 11.6 Å². The number of fused-ring (bicyclic) bond motifs is 1. The fourth-order valence-electron chi connectivity index (χ4n) is 3.15. The molecule has 1 fully saturated rings. The van der Waals surface area contributed by atoms with Crippen molar-refractivity contribution in [3.05, 3.63) is 48.3 Å². The number of piperidine rings is 1. The fourth-order valence-corrected chi connectivity index (χ4v) is 3.15. The number of carboxylic acid groups (broad SMARTS) is 1. The Morgan fingerprint density at radius 1 is 1.23 bits per heavy atom. The summed E-state index contributed by atoms with van der Waals surface area (Å²) in [5.74, 6) is -0.497. The van der Waals surface area contributed by atoms with Gasteiger partial charge in [0, 0.05) is 31.6 Å². The van der Waals surface area contributed by atoms with Crippen molar-refractivity contribution in [1.82, 2.24) is 9.97 Å². The van der Waals surface area contributed by atoms with E-state index in [1.165, 1.54) is 0 Å². The molecule has 7 heteroatoms. The van der Waals surface area contributed by atoms with Crippen molar-refractivity contribution in [3.63, 3.8) is 0 Å². The molecule has 1 saturated heterocycles. The maximum atomic E-state index is 11.9. The zero-order valence-corrected chi connectivity index (χ0v) is 14.4. The van der Waals surface area contributed by atoms with Gasteiger partial charge < -0.3 is 19.2 Å². The summed E-state index contributed by atoms with van der Waals surface area (Å²) < 4.78 is 11.6. The number of aryl methyl sites for hydroxylation is 1. The summed E-state index contributed by atoms with van der Waals surface area (Å²) in [4.78, 5) is 22.5. The zero-order valence-electron chi connectivity index (χ0n) is 14.4. The van der Waals surface area contributed by atoms with Crippen LogP contribution in [0.2, 0.25) is 0 Å². The van der Waals surface area contributed by atoms with Gasteiger partial charge in [-0.1, -0.05) is 12.1 Å². The van der Waals surface area contributed by atoms with E-state index in [0.717, 1.165) is 16.8 Å². The van der Waals surface area contributed by atoms with Gasteiger partial charge in [-0.15, -0.1) is 0 Å². The lowest BCUT2D eigenvalue weighted by molar-refractivity contribution is -0.157. The van der Waals surface area contributed by atoms with Gasteiger partial charge in [0.1, 0.15) is 11.3 Å². The second kappa shape index (κ2) is 6.33. The minimum atomic E-state index is -1.26. The third-order valence-electron chi connectivity index (χ3n) is 4.71. The van der Waals surface area contributed by atoms with Crippen LogP contribution in [0.4, 0.5) is 6.01 Å². The highest BCUT2D eigenvalue weighted by atomic mass is 16.5. The molecule has 0 saturated carbocycles. The Morgan fingerprint density at radius 2 is 2.00 bits per heavy atom. The van der Waals surface area contributed by atoms with Crippen molar-refractivity contribution in [3.8, 4) is 5.75 Å². The normalized spacial score (nSPS) is 16.6. The molecular weight excluding hydrogens is 334 g/mol. The number of oxazole rings is 1. The van der Waals surface area contributed by atoms with E-state index in [4.69, 9.17) is 9.15 Å². The van der Waals surface area contributed by atoms with Gasteiger partial charge in [0.05, 0.1) is 6.20 Å². The Kier molecular flexibility index (Phi) is 3.99. The number of carboxylic acids is 1. The number of hydrogen-bond donors (Lipinski definition) is 1. The Labute approximate surface area is 150 Å². The number of anilines is 1. The summed E-state index contributed by atoms with van der Waals surface area (Å²) >= 11 is 0. The summed E-state index contributed by atoms with van der Waals surface area (Å²) in [5, 5.41) is 9.77. The molecule has 3 heterocycles. The van der Waals surface area contributed by atoms with Crippen molar-refractivity contribution in [1.29, 1.82) is 0 Å². The minimum Gasteiger partial charge on any atom is -0.478 e. The van der Waals surface area contributed by atoms with Crippen LogP contribution in [0.25, 0.3) is 11.1 Å². The fraction of sp³-hybridized carbons (Fsp3) is 0.316. The molecule has 1 N–H and O–H groups in total. The zero-order chi connectivity index (χ0) is 18.1. The molecule has 0 radical (unpaired) electrons. The molecule has 1 aliphatic heterocycles. The van der Waals surface area contributed by atoms with Gasteiger partial charge in [-0.2, -0.15) is 4.98 Å². The molecule has 1 aromatic carbocycles. The number of aliphatic carboxylic acids is 1. The first-order valence-electron chi connectivity index (χ1n) is 8.51. The van der Waals surface area contributed by atoms with E-state index in [-0.39, 0.29) is 0 Å². The van der Waals surface area contributed by atoms with Crippen molar-refractivity contribution in [2.75, 3.05) is 18.0 Å². The molecule has 0 atom stereocenters. The van der Waals surface area contributed by atoms with Gasteiger partial charge in [-0.05, 0) is 31.2 Å². The second-order valence-electron chi connectivity index (χ2n) is 6.49. The summed E-state index contributed by atoms with van der Waals surface area (Å²) in [6, 6.07) is 11.6. The molecule has 3 aromatic rings. The summed E-state index contributed by atoms with van der Waals surface area (Å²) in [7, 11) is 0. The standard InChI is InChI=1S/C19H19N3O4/c1-13-6-7-14(12-20-13)26-19(17(23)24)8-10-22(11-9-19)18-21-15-4-2-3-5-16(15)25-18/h2-7,12H,8-11H2,1H3,(H,23,24). The first kappa shape index (κ1) is 16.4. The lowest BCUT2D eigenvalue weighted by Crippen LogP contribution is -2.53. The minimum absolute atomic E-state index is 0.328. The van der Waals surface area contributed by atoms with Crippen molar-refractivity contribution >= 4 is 23.1 Å². The number of aromatic nitrogens is 2. The van der Waals surface area contributed by atoms with Crippen molar-refractivity contribution in [2.24, 2.45) is 0 Å². The van der Waals surface area contributed by atoms with E-state index in [0.29, 0.717) is 37.7 Å². The quantitative estimate of drug-likeness (QED) is 0.771. The summed E-state index contributed by atoms with van der Waals surface area (Å²) in [5.41, 5.74) is 1.10. The number of carbonyl (C=O) groups is 1. The number of nitrogens with zero attached hydrogens (tertiary/aromatic N) is 3. The Hall–Kier alpha value is -3.09. The molecule has 1 aliphatic rings. The van der Waals surface area contributed by atoms with Gasteiger partial charge in [0.25, 0.3) is 6.01 Å². The van der Waals surface area contributed by atoms with E-state index in [1.807, 2.05) is 36.1 Å². The molecule has 7 nitrogen and oxygen atoms in total. The maximum absolute atomic E-state index is 11.9. The van der Waals surface area contributed by atoms with Crippen LogP contribution in [0.15, 0.2) is 47.0 Å². The third kappa shape index (κ3) is 2.96. The number of pyridine rings is 1. The van der Waals surface area contributed by atoms with E-state index in [9.17, 15) is 9.90 Å². The summed E-state index contributed by atoms with van der Waals surface area (Å²) in [6.45, 7) is 2.84. The Balaban J connectivity index is 1.52. The second-order valence-corrected chi connectivity index (χ2v) is 6.49. The van der Waals surface area contributed by atoms with E-state index in [1.54, 1.807) is 18.3 Å². The van der Waals surface area contributed by atoms with Crippen molar-refractivity contribution < 1.29 is 19.1 Å². The van der Waals surface area contributed by atoms with Gasteiger partial charge >= 0.3 is 5.97 Å². The highest BCUT2D eigenvalue weighted by Gasteiger charge is 2.45. The monoisotopic (exact) mass is 353 g/mol.